The molecule has 24 heavy (non-hydrogen) atoms. The Hall–Kier alpha value is -1.84. The molecule has 1 aliphatic heterocycles. The van der Waals surface area contributed by atoms with Crippen LogP contribution in [0.2, 0.25) is 0 Å². The van der Waals surface area contributed by atoms with Gasteiger partial charge >= 0.3 is 0 Å². The Morgan fingerprint density at radius 3 is 2.71 bits per heavy atom. The monoisotopic (exact) mass is 357 g/mol. The Labute approximate surface area is 141 Å². The lowest BCUT2D eigenvalue weighted by Gasteiger charge is -2.12. The molecule has 1 heterocycles. The van der Waals surface area contributed by atoms with Crippen molar-refractivity contribution in [3.05, 3.63) is 18.2 Å². The Kier molecular flexibility index (Phi) is 6.41. The van der Waals surface area contributed by atoms with Gasteiger partial charge in [0.05, 0.1) is 18.1 Å². The fraction of sp³-hybridized carbons (Fsp3) is 0.533. The summed E-state index contributed by atoms with van der Waals surface area (Å²) in [6.07, 6.45) is 0.777. The van der Waals surface area contributed by atoms with E-state index in [2.05, 4.69) is 10.0 Å². The van der Waals surface area contributed by atoms with Gasteiger partial charge in [-0.15, -0.1) is 0 Å². The summed E-state index contributed by atoms with van der Waals surface area (Å²) in [7, 11) is -3.73. The van der Waals surface area contributed by atoms with Crippen molar-refractivity contribution in [2.24, 2.45) is 5.73 Å². The van der Waals surface area contributed by atoms with E-state index in [0.717, 1.165) is 6.42 Å². The van der Waals surface area contributed by atoms with Crippen LogP contribution in [0.1, 0.15) is 19.8 Å². The molecule has 0 radical (unpaired) electrons. The van der Waals surface area contributed by atoms with Crippen LogP contribution in [0.15, 0.2) is 23.1 Å². The van der Waals surface area contributed by atoms with E-state index >= 15 is 0 Å². The molecule has 1 amide bonds. The lowest BCUT2D eigenvalue weighted by Crippen LogP contribution is -2.39. The summed E-state index contributed by atoms with van der Waals surface area (Å²) in [6, 6.07) is 4.31. The minimum Gasteiger partial charge on any atom is -0.490 e. The fourth-order valence-corrected chi connectivity index (χ4v) is 3.15. The number of hydrogen-bond donors (Lipinski definition) is 3. The number of sulfonamides is 1. The van der Waals surface area contributed by atoms with Gasteiger partial charge in [-0.1, -0.05) is 0 Å². The lowest BCUT2D eigenvalue weighted by molar-refractivity contribution is -0.121. The number of hydrogen-bond acceptors (Lipinski definition) is 6. The number of nitrogens with one attached hydrogen (secondary N) is 2. The molecule has 0 aliphatic carbocycles. The van der Waals surface area contributed by atoms with Gasteiger partial charge in [0.2, 0.25) is 15.9 Å². The molecule has 1 aromatic rings. The standard InChI is InChI=1S/C15H23N3O5S/c1-11(10-16)18-15(19)5-6-17-24(20,21)12-3-4-13-14(9-12)23-8-2-7-22-13/h3-4,9,11,17H,2,5-8,10,16H2,1H3,(H,18,19)/t11-/m0/s1. The van der Waals surface area contributed by atoms with E-state index in [4.69, 9.17) is 15.2 Å². The van der Waals surface area contributed by atoms with Gasteiger partial charge in [-0.05, 0) is 19.1 Å². The lowest BCUT2D eigenvalue weighted by atomic mass is 10.3. The van der Waals surface area contributed by atoms with Crippen molar-refractivity contribution in [3.8, 4) is 11.5 Å². The maximum atomic E-state index is 12.3. The molecule has 0 saturated carbocycles. The summed E-state index contributed by atoms with van der Waals surface area (Å²) < 4.78 is 38.0. The van der Waals surface area contributed by atoms with Crippen molar-refractivity contribution in [3.63, 3.8) is 0 Å². The van der Waals surface area contributed by atoms with Gasteiger partial charge in [-0.3, -0.25) is 4.79 Å². The Morgan fingerprint density at radius 2 is 2.00 bits per heavy atom. The number of fused-ring (bicyclic) bond motifs is 1. The molecular formula is C15H23N3O5S. The third kappa shape index (κ3) is 5.08. The van der Waals surface area contributed by atoms with E-state index in [1.165, 1.54) is 12.1 Å². The zero-order chi connectivity index (χ0) is 17.6. The molecule has 4 N–H and O–H groups in total. The number of carbonyl (C=O) groups excluding carboxylic acids is 1. The highest BCUT2D eigenvalue weighted by Gasteiger charge is 2.19. The number of ether oxygens (including phenoxy) is 2. The van der Waals surface area contributed by atoms with Crippen LogP contribution in [0, 0.1) is 0 Å². The van der Waals surface area contributed by atoms with E-state index < -0.39 is 10.0 Å². The van der Waals surface area contributed by atoms with Crippen molar-refractivity contribution in [2.45, 2.75) is 30.7 Å². The number of nitrogens with two attached hydrogens (primary N) is 1. The van der Waals surface area contributed by atoms with E-state index in [-0.39, 0.29) is 29.8 Å². The summed E-state index contributed by atoms with van der Waals surface area (Å²) in [5.41, 5.74) is 5.41. The quantitative estimate of drug-likeness (QED) is 0.631. The predicted molar refractivity (Wildman–Crippen MR) is 88.5 cm³/mol. The number of benzene rings is 1. The molecule has 1 aliphatic rings. The smallest absolute Gasteiger partial charge is 0.240 e. The average molecular weight is 357 g/mol. The molecule has 0 bridgehead atoms. The van der Waals surface area contributed by atoms with Gasteiger partial charge < -0.3 is 20.5 Å². The van der Waals surface area contributed by atoms with Crippen LogP contribution in [0.5, 0.6) is 11.5 Å². The average Bonchev–Trinajstić information content (AvgIpc) is 2.79. The van der Waals surface area contributed by atoms with Gasteiger partial charge in [0.1, 0.15) is 0 Å². The summed E-state index contributed by atoms with van der Waals surface area (Å²) in [4.78, 5) is 11.7. The molecule has 8 nitrogen and oxygen atoms in total. The van der Waals surface area contributed by atoms with E-state index in [0.29, 0.717) is 31.3 Å². The molecular weight excluding hydrogens is 334 g/mol. The summed E-state index contributed by atoms with van der Waals surface area (Å²) in [5.74, 6) is 0.681. The van der Waals surface area contributed by atoms with E-state index in [1.807, 2.05) is 0 Å². The first-order valence-electron chi connectivity index (χ1n) is 7.81. The number of rotatable bonds is 7. The topological polar surface area (TPSA) is 120 Å². The molecule has 1 atom stereocenters. The third-order valence-corrected chi connectivity index (χ3v) is 4.89. The van der Waals surface area contributed by atoms with Crippen molar-refractivity contribution in [1.29, 1.82) is 0 Å². The third-order valence-electron chi connectivity index (χ3n) is 3.43. The highest BCUT2D eigenvalue weighted by atomic mass is 32.2. The highest BCUT2D eigenvalue weighted by molar-refractivity contribution is 7.89. The Balaban J connectivity index is 1.95. The minimum absolute atomic E-state index is 0.0000992. The maximum Gasteiger partial charge on any atom is 0.240 e. The molecule has 9 heteroatoms. The predicted octanol–water partition coefficient (Wildman–Crippen LogP) is -0.0203. The van der Waals surface area contributed by atoms with Gasteiger partial charge in [0, 0.05) is 38.0 Å². The van der Waals surface area contributed by atoms with Gasteiger partial charge in [0.15, 0.2) is 11.5 Å². The molecule has 0 spiro atoms. The fourth-order valence-electron chi connectivity index (χ4n) is 2.10. The summed E-state index contributed by atoms with van der Waals surface area (Å²) >= 11 is 0. The normalized spacial score (nSPS) is 15.4. The maximum absolute atomic E-state index is 12.3. The molecule has 0 fully saturated rings. The van der Waals surface area contributed by atoms with Gasteiger partial charge in [-0.25, -0.2) is 13.1 Å². The van der Waals surface area contributed by atoms with E-state index in [9.17, 15) is 13.2 Å². The van der Waals surface area contributed by atoms with Crippen LogP contribution in [0.3, 0.4) is 0 Å². The second-order valence-corrected chi connectivity index (χ2v) is 7.28. The first-order chi connectivity index (χ1) is 11.4. The van der Waals surface area contributed by atoms with Crippen LogP contribution < -0.4 is 25.2 Å². The number of amides is 1. The van der Waals surface area contributed by atoms with Crippen molar-refractivity contribution >= 4 is 15.9 Å². The van der Waals surface area contributed by atoms with E-state index in [1.54, 1.807) is 13.0 Å². The molecule has 0 unspecified atom stereocenters. The number of carbonyl (C=O) groups is 1. The largest absolute Gasteiger partial charge is 0.490 e. The zero-order valence-corrected chi connectivity index (χ0v) is 14.4. The van der Waals surface area contributed by atoms with Crippen LogP contribution in [-0.4, -0.2) is 46.7 Å². The Morgan fingerprint density at radius 1 is 1.29 bits per heavy atom. The molecule has 134 valence electrons. The van der Waals surface area contributed by atoms with Crippen LogP contribution in [-0.2, 0) is 14.8 Å². The summed E-state index contributed by atoms with van der Waals surface area (Å²) in [6.45, 7) is 3.12. The minimum atomic E-state index is -3.73. The van der Waals surface area contributed by atoms with Crippen LogP contribution in [0.4, 0.5) is 0 Å². The Bertz CT molecular complexity index is 678. The first-order valence-corrected chi connectivity index (χ1v) is 9.29. The molecule has 2 rings (SSSR count). The van der Waals surface area contributed by atoms with Crippen molar-refractivity contribution in [2.75, 3.05) is 26.3 Å². The first kappa shape index (κ1) is 18.5. The SMILES string of the molecule is C[C@@H](CN)NC(=O)CCNS(=O)(=O)c1ccc2c(c1)OCCCO2. The molecule has 1 aromatic carbocycles. The van der Waals surface area contributed by atoms with Crippen molar-refractivity contribution < 1.29 is 22.7 Å². The second kappa shape index (κ2) is 8.32. The molecule has 0 aromatic heterocycles. The van der Waals surface area contributed by atoms with Crippen LogP contribution >= 0.6 is 0 Å². The van der Waals surface area contributed by atoms with Gasteiger partial charge in [0.25, 0.3) is 0 Å². The second-order valence-electron chi connectivity index (χ2n) is 5.51. The van der Waals surface area contributed by atoms with Gasteiger partial charge in [-0.2, -0.15) is 0 Å². The highest BCUT2D eigenvalue weighted by Crippen LogP contribution is 2.31. The van der Waals surface area contributed by atoms with Crippen LogP contribution in [0.25, 0.3) is 0 Å². The summed E-state index contributed by atoms with van der Waals surface area (Å²) in [5, 5.41) is 2.67. The van der Waals surface area contributed by atoms with Crippen molar-refractivity contribution in [1.82, 2.24) is 10.0 Å². The zero-order valence-electron chi connectivity index (χ0n) is 13.6. The molecule has 0 saturated heterocycles.